The highest BCUT2D eigenvalue weighted by Gasteiger charge is 2.44. The largest absolute Gasteiger partial charge is 0.467 e. The molecule has 0 aliphatic carbocycles. The normalized spacial score (nSPS) is 25.9. The highest BCUT2D eigenvalue weighted by molar-refractivity contribution is 8.15. The molecule has 0 radical (unpaired) electrons. The number of hydrogen-bond donors (Lipinski definition) is 1. The molecule has 7 heteroatoms. The lowest BCUT2D eigenvalue weighted by molar-refractivity contribution is -0.151. The summed E-state index contributed by atoms with van der Waals surface area (Å²) in [5, 5.41) is 2.54. The summed E-state index contributed by atoms with van der Waals surface area (Å²) < 4.78 is 4.84. The van der Waals surface area contributed by atoms with Crippen molar-refractivity contribution < 1.29 is 19.1 Å². The Morgan fingerprint density at radius 2 is 2.05 bits per heavy atom. The van der Waals surface area contributed by atoms with Crippen LogP contribution < -0.4 is 5.32 Å². The van der Waals surface area contributed by atoms with Gasteiger partial charge in [0.1, 0.15) is 5.54 Å². The van der Waals surface area contributed by atoms with Crippen LogP contribution >= 0.6 is 23.5 Å². The molecule has 0 saturated carbocycles. The number of hydrogen-bond acceptors (Lipinski definition) is 6. The van der Waals surface area contributed by atoms with E-state index in [0.29, 0.717) is 25.7 Å². The van der Waals surface area contributed by atoms with Crippen LogP contribution in [0.3, 0.4) is 0 Å². The molecule has 0 aromatic carbocycles. The monoisotopic (exact) mass is 303 g/mol. The fourth-order valence-electron chi connectivity index (χ4n) is 2.32. The highest BCUT2D eigenvalue weighted by atomic mass is 32.2. The maximum atomic E-state index is 12.2. The molecule has 106 valence electrons. The molecule has 2 aliphatic rings. The molecular weight excluding hydrogens is 286 g/mol. The Morgan fingerprint density at radius 3 is 2.58 bits per heavy atom. The van der Waals surface area contributed by atoms with Crippen molar-refractivity contribution >= 4 is 40.5 Å². The summed E-state index contributed by atoms with van der Waals surface area (Å²) >= 11 is 2.84. The van der Waals surface area contributed by atoms with Crippen LogP contribution in [0.1, 0.15) is 25.7 Å². The second-order valence-corrected chi connectivity index (χ2v) is 7.18. The first-order valence-corrected chi connectivity index (χ1v) is 8.28. The molecule has 0 bridgehead atoms. The topological polar surface area (TPSA) is 72.5 Å². The van der Waals surface area contributed by atoms with Crippen LogP contribution in [0.25, 0.3) is 0 Å². The van der Waals surface area contributed by atoms with E-state index in [4.69, 9.17) is 4.74 Å². The van der Waals surface area contributed by atoms with Gasteiger partial charge < -0.3 is 10.1 Å². The van der Waals surface area contributed by atoms with Crippen LogP contribution in [0.2, 0.25) is 0 Å². The van der Waals surface area contributed by atoms with E-state index >= 15 is 0 Å². The van der Waals surface area contributed by atoms with Crippen LogP contribution in [0.5, 0.6) is 0 Å². The number of rotatable bonds is 3. The Labute approximate surface area is 120 Å². The first-order valence-electron chi connectivity index (χ1n) is 6.25. The fourth-order valence-corrected chi connectivity index (χ4v) is 4.47. The zero-order valence-electron chi connectivity index (χ0n) is 10.8. The molecule has 0 aromatic heterocycles. The third-order valence-electron chi connectivity index (χ3n) is 3.46. The van der Waals surface area contributed by atoms with Gasteiger partial charge in [0, 0.05) is 6.42 Å². The van der Waals surface area contributed by atoms with Gasteiger partial charge in [0.15, 0.2) is 5.12 Å². The van der Waals surface area contributed by atoms with Crippen molar-refractivity contribution in [2.75, 3.05) is 18.6 Å². The summed E-state index contributed by atoms with van der Waals surface area (Å²) in [4.78, 5) is 35.4. The van der Waals surface area contributed by atoms with Crippen molar-refractivity contribution in [1.82, 2.24) is 5.32 Å². The van der Waals surface area contributed by atoms with Crippen molar-refractivity contribution in [2.24, 2.45) is 0 Å². The molecule has 2 heterocycles. The van der Waals surface area contributed by atoms with Crippen molar-refractivity contribution in [3.63, 3.8) is 0 Å². The number of nitrogens with one attached hydrogen (secondary N) is 1. The highest BCUT2D eigenvalue weighted by Crippen LogP contribution is 2.32. The standard InChI is InChI=1S/C12H17NO4S2/c1-17-11(16)12(4-6-18-7-5-12)13-10(15)8-2-3-9(14)19-8/h8H,2-7H2,1H3,(H,13,15). The van der Waals surface area contributed by atoms with Crippen molar-refractivity contribution in [1.29, 1.82) is 0 Å². The number of esters is 1. The lowest BCUT2D eigenvalue weighted by Crippen LogP contribution is -2.58. The molecule has 2 fully saturated rings. The summed E-state index contributed by atoms with van der Waals surface area (Å²) in [7, 11) is 1.34. The minimum atomic E-state index is -0.900. The van der Waals surface area contributed by atoms with Crippen LogP contribution in [-0.4, -0.2) is 46.4 Å². The van der Waals surface area contributed by atoms with E-state index in [2.05, 4.69) is 5.32 Å². The average Bonchev–Trinajstić information content (AvgIpc) is 2.85. The number of amides is 1. The molecule has 2 saturated heterocycles. The van der Waals surface area contributed by atoms with Gasteiger partial charge in [-0.05, 0) is 30.8 Å². The van der Waals surface area contributed by atoms with Crippen molar-refractivity contribution in [3.8, 4) is 0 Å². The summed E-state index contributed by atoms with van der Waals surface area (Å²) in [5.41, 5.74) is -0.900. The van der Waals surface area contributed by atoms with Gasteiger partial charge in [-0.3, -0.25) is 9.59 Å². The van der Waals surface area contributed by atoms with Gasteiger partial charge in [-0.25, -0.2) is 4.79 Å². The van der Waals surface area contributed by atoms with Gasteiger partial charge in [0.25, 0.3) is 0 Å². The molecule has 0 spiro atoms. The Hall–Kier alpha value is -0.690. The molecule has 1 amide bonds. The van der Waals surface area contributed by atoms with Gasteiger partial charge in [-0.2, -0.15) is 11.8 Å². The molecule has 5 nitrogen and oxygen atoms in total. The maximum absolute atomic E-state index is 12.2. The van der Waals surface area contributed by atoms with Crippen LogP contribution in [0.15, 0.2) is 0 Å². The van der Waals surface area contributed by atoms with E-state index in [9.17, 15) is 14.4 Å². The van der Waals surface area contributed by atoms with Gasteiger partial charge in [0.05, 0.1) is 12.4 Å². The second kappa shape index (κ2) is 6.17. The zero-order valence-corrected chi connectivity index (χ0v) is 12.4. The van der Waals surface area contributed by atoms with Crippen LogP contribution in [0.4, 0.5) is 0 Å². The number of carbonyl (C=O) groups is 3. The minimum absolute atomic E-state index is 0.0477. The number of ether oxygens (including phenoxy) is 1. The van der Waals surface area contributed by atoms with Gasteiger partial charge in [0.2, 0.25) is 5.91 Å². The second-order valence-electron chi connectivity index (χ2n) is 4.69. The quantitative estimate of drug-likeness (QED) is 0.783. The molecule has 0 aromatic rings. The Bertz CT molecular complexity index is 393. The molecular formula is C12H17NO4S2. The smallest absolute Gasteiger partial charge is 0.331 e. The molecule has 19 heavy (non-hydrogen) atoms. The minimum Gasteiger partial charge on any atom is -0.467 e. The van der Waals surface area contributed by atoms with Crippen LogP contribution in [0, 0.1) is 0 Å². The zero-order chi connectivity index (χ0) is 13.9. The van der Waals surface area contributed by atoms with Crippen LogP contribution in [-0.2, 0) is 19.1 Å². The first kappa shape index (κ1) is 14.7. The fraction of sp³-hybridized carbons (Fsp3) is 0.750. The number of carbonyl (C=O) groups excluding carboxylic acids is 3. The SMILES string of the molecule is COC(=O)C1(NC(=O)C2CCC(=O)S2)CCSCC1. The third-order valence-corrected chi connectivity index (χ3v) is 5.65. The summed E-state index contributed by atoms with van der Waals surface area (Å²) in [6.07, 6.45) is 2.16. The Morgan fingerprint density at radius 1 is 1.37 bits per heavy atom. The molecule has 2 rings (SSSR count). The van der Waals surface area contributed by atoms with E-state index < -0.39 is 5.54 Å². The van der Waals surface area contributed by atoms with Gasteiger partial charge in [-0.1, -0.05) is 11.8 Å². The Kier molecular flexibility index (Phi) is 4.78. The van der Waals surface area contributed by atoms with E-state index in [1.165, 1.54) is 7.11 Å². The van der Waals surface area contributed by atoms with Gasteiger partial charge in [-0.15, -0.1) is 0 Å². The summed E-state index contributed by atoms with van der Waals surface area (Å²) in [5.74, 6) is 1.06. The maximum Gasteiger partial charge on any atom is 0.331 e. The summed E-state index contributed by atoms with van der Waals surface area (Å²) in [6, 6.07) is 0. The van der Waals surface area contributed by atoms with E-state index in [0.717, 1.165) is 23.3 Å². The van der Waals surface area contributed by atoms with Crippen molar-refractivity contribution in [2.45, 2.75) is 36.5 Å². The first-order chi connectivity index (χ1) is 9.07. The lowest BCUT2D eigenvalue weighted by Gasteiger charge is -2.35. The van der Waals surface area contributed by atoms with E-state index in [1.54, 1.807) is 11.8 Å². The molecule has 2 aliphatic heterocycles. The molecule has 1 atom stereocenters. The predicted molar refractivity (Wildman–Crippen MR) is 75.1 cm³/mol. The Balaban J connectivity index is 2.05. The van der Waals surface area contributed by atoms with E-state index in [-0.39, 0.29) is 22.2 Å². The molecule has 1 unspecified atom stereocenters. The summed E-state index contributed by atoms with van der Waals surface area (Å²) in [6.45, 7) is 0. The molecule has 1 N–H and O–H groups in total. The number of thioether (sulfide) groups is 2. The third kappa shape index (κ3) is 3.25. The predicted octanol–water partition coefficient (Wildman–Crippen LogP) is 0.964. The van der Waals surface area contributed by atoms with Gasteiger partial charge >= 0.3 is 5.97 Å². The lowest BCUT2D eigenvalue weighted by atomic mass is 9.92. The van der Waals surface area contributed by atoms with Crippen molar-refractivity contribution in [3.05, 3.63) is 0 Å². The average molecular weight is 303 g/mol. The van der Waals surface area contributed by atoms with E-state index in [1.807, 2.05) is 0 Å². The number of methoxy groups -OCH3 is 1.